The molecule has 12 heteroatoms. The molecule has 2 aliphatic rings. The van der Waals surface area contributed by atoms with Gasteiger partial charge in [0.15, 0.2) is 0 Å². The highest BCUT2D eigenvalue weighted by Gasteiger charge is 2.34. The molecular weight excluding hydrogens is 473 g/mol. The molecule has 184 valence electrons. The highest BCUT2D eigenvalue weighted by atomic mass is 32.2. The van der Waals surface area contributed by atoms with E-state index >= 15 is 0 Å². The minimum Gasteiger partial charge on any atom is -0.406 e. The first kappa shape index (κ1) is 24.5. The average Bonchev–Trinajstić information content (AvgIpc) is 2.79. The molecule has 2 aromatic carbocycles. The van der Waals surface area contributed by atoms with Gasteiger partial charge < -0.3 is 10.1 Å². The van der Waals surface area contributed by atoms with Gasteiger partial charge in [0.25, 0.3) is 10.2 Å². The van der Waals surface area contributed by atoms with Crippen molar-refractivity contribution in [2.45, 2.75) is 19.3 Å². The SMILES string of the molecule is O=C(CN1CCN(S(=O)(=O)N2CCc3ccccc3C2)CC1)Nc1ccc(OC(F)(F)F)cc1. The van der Waals surface area contributed by atoms with Crippen LogP contribution in [0.3, 0.4) is 0 Å². The van der Waals surface area contributed by atoms with Gasteiger partial charge in [0.2, 0.25) is 5.91 Å². The second-order valence-electron chi connectivity index (χ2n) is 8.16. The van der Waals surface area contributed by atoms with Gasteiger partial charge in [0.05, 0.1) is 6.54 Å². The number of fused-ring (bicyclic) bond motifs is 1. The van der Waals surface area contributed by atoms with Gasteiger partial charge in [-0.05, 0) is 41.8 Å². The Morgan fingerprint density at radius 1 is 0.912 bits per heavy atom. The Balaban J connectivity index is 1.25. The number of halogens is 3. The van der Waals surface area contributed by atoms with Crippen molar-refractivity contribution >= 4 is 21.8 Å². The van der Waals surface area contributed by atoms with E-state index in [0.29, 0.717) is 38.3 Å². The molecule has 0 bridgehead atoms. The standard InChI is InChI=1S/C22H25F3N4O4S/c23-22(24,25)33-20-7-5-19(6-8-20)26-21(30)16-27-11-13-28(14-12-27)34(31,32)29-10-9-17-3-1-2-4-18(17)15-29/h1-8H,9-16H2,(H,26,30). The van der Waals surface area contributed by atoms with Crippen LogP contribution in [0.25, 0.3) is 0 Å². The molecule has 0 atom stereocenters. The minimum absolute atomic E-state index is 0.0474. The van der Waals surface area contributed by atoms with Crippen LogP contribution in [-0.4, -0.2) is 73.5 Å². The van der Waals surface area contributed by atoms with Gasteiger partial charge in [-0.3, -0.25) is 9.69 Å². The molecule has 0 radical (unpaired) electrons. The van der Waals surface area contributed by atoms with E-state index in [2.05, 4.69) is 10.1 Å². The van der Waals surface area contributed by atoms with Crippen molar-refractivity contribution in [1.29, 1.82) is 0 Å². The molecule has 1 fully saturated rings. The summed E-state index contributed by atoms with van der Waals surface area (Å²) in [6.45, 7) is 2.19. The Morgan fingerprint density at radius 3 is 2.21 bits per heavy atom. The fourth-order valence-corrected chi connectivity index (χ4v) is 5.67. The van der Waals surface area contributed by atoms with Crippen molar-refractivity contribution in [3.63, 3.8) is 0 Å². The third-order valence-electron chi connectivity index (χ3n) is 5.82. The summed E-state index contributed by atoms with van der Waals surface area (Å²) in [5.41, 5.74) is 2.53. The van der Waals surface area contributed by atoms with Gasteiger partial charge in [-0.15, -0.1) is 13.2 Å². The Labute approximate surface area is 196 Å². The Bertz CT molecular complexity index is 1120. The maximum Gasteiger partial charge on any atom is 0.573 e. The highest BCUT2D eigenvalue weighted by Crippen LogP contribution is 2.25. The molecule has 2 aliphatic heterocycles. The van der Waals surface area contributed by atoms with Crippen molar-refractivity contribution < 1.29 is 31.1 Å². The predicted molar refractivity (Wildman–Crippen MR) is 119 cm³/mol. The lowest BCUT2D eigenvalue weighted by Gasteiger charge is -2.37. The Hall–Kier alpha value is -2.67. The number of carbonyl (C=O) groups excluding carboxylic acids is 1. The summed E-state index contributed by atoms with van der Waals surface area (Å²) in [6, 6.07) is 12.7. The third kappa shape index (κ3) is 6.06. The van der Waals surface area contributed by atoms with Crippen molar-refractivity contribution in [3.8, 4) is 5.75 Å². The van der Waals surface area contributed by atoms with E-state index in [0.717, 1.165) is 17.7 Å². The number of nitrogens with one attached hydrogen (secondary N) is 1. The van der Waals surface area contributed by atoms with Crippen LogP contribution in [-0.2, 0) is 28.0 Å². The van der Waals surface area contributed by atoms with Crippen LogP contribution >= 0.6 is 0 Å². The zero-order valence-electron chi connectivity index (χ0n) is 18.3. The lowest BCUT2D eigenvalue weighted by Crippen LogP contribution is -2.54. The minimum atomic E-state index is -4.78. The molecule has 0 unspecified atom stereocenters. The van der Waals surface area contributed by atoms with E-state index in [9.17, 15) is 26.4 Å². The van der Waals surface area contributed by atoms with Gasteiger partial charge in [-0.1, -0.05) is 24.3 Å². The number of alkyl halides is 3. The average molecular weight is 499 g/mol. The normalized spacial score (nSPS) is 18.3. The van der Waals surface area contributed by atoms with Crippen molar-refractivity contribution in [2.24, 2.45) is 0 Å². The van der Waals surface area contributed by atoms with Crippen LogP contribution < -0.4 is 10.1 Å². The van der Waals surface area contributed by atoms with Gasteiger partial charge in [0, 0.05) is 45.0 Å². The number of ether oxygens (including phenoxy) is 1. The van der Waals surface area contributed by atoms with Crippen molar-refractivity contribution in [2.75, 3.05) is 44.6 Å². The van der Waals surface area contributed by atoms with Crippen molar-refractivity contribution in [3.05, 3.63) is 59.7 Å². The smallest absolute Gasteiger partial charge is 0.406 e. The number of nitrogens with zero attached hydrogens (tertiary/aromatic N) is 3. The van der Waals surface area contributed by atoms with Crippen LogP contribution in [0.2, 0.25) is 0 Å². The van der Waals surface area contributed by atoms with E-state index in [1.807, 2.05) is 29.2 Å². The van der Waals surface area contributed by atoms with Crippen LogP contribution in [0.15, 0.2) is 48.5 Å². The number of benzene rings is 2. The van der Waals surface area contributed by atoms with E-state index in [1.165, 1.54) is 26.3 Å². The molecule has 0 aromatic heterocycles. The maximum absolute atomic E-state index is 13.1. The van der Waals surface area contributed by atoms with E-state index in [1.54, 1.807) is 0 Å². The number of carbonyl (C=O) groups is 1. The lowest BCUT2D eigenvalue weighted by atomic mass is 10.0. The van der Waals surface area contributed by atoms with Crippen LogP contribution in [0.5, 0.6) is 5.75 Å². The summed E-state index contributed by atoms with van der Waals surface area (Å²) in [5.74, 6) is -0.714. The molecule has 2 aromatic rings. The second kappa shape index (κ2) is 9.90. The molecule has 1 saturated heterocycles. The first-order valence-electron chi connectivity index (χ1n) is 10.8. The first-order chi connectivity index (χ1) is 16.1. The fourth-order valence-electron chi connectivity index (χ4n) is 4.09. The second-order valence-corrected chi connectivity index (χ2v) is 10.1. The van der Waals surface area contributed by atoms with Crippen molar-refractivity contribution in [1.82, 2.24) is 13.5 Å². The third-order valence-corrected chi connectivity index (χ3v) is 7.80. The Kier molecular flexibility index (Phi) is 7.12. The van der Waals surface area contributed by atoms with E-state index in [4.69, 9.17) is 0 Å². The zero-order chi connectivity index (χ0) is 24.3. The zero-order valence-corrected chi connectivity index (χ0v) is 19.1. The predicted octanol–water partition coefficient (Wildman–Crippen LogP) is 2.44. The van der Waals surface area contributed by atoms with Crippen LogP contribution in [0, 0.1) is 0 Å². The van der Waals surface area contributed by atoms with Gasteiger partial charge in [0.1, 0.15) is 5.75 Å². The number of anilines is 1. The molecule has 34 heavy (non-hydrogen) atoms. The van der Waals surface area contributed by atoms with Gasteiger partial charge >= 0.3 is 6.36 Å². The lowest BCUT2D eigenvalue weighted by molar-refractivity contribution is -0.274. The van der Waals surface area contributed by atoms with Gasteiger partial charge in [-0.25, -0.2) is 0 Å². The number of hydrogen-bond acceptors (Lipinski definition) is 5. The molecule has 4 rings (SSSR count). The molecule has 0 spiro atoms. The van der Waals surface area contributed by atoms with Gasteiger partial charge in [-0.2, -0.15) is 17.0 Å². The summed E-state index contributed by atoms with van der Waals surface area (Å²) < 4.78 is 69.7. The number of hydrogen-bond donors (Lipinski definition) is 1. The largest absolute Gasteiger partial charge is 0.573 e. The monoisotopic (exact) mass is 498 g/mol. The Morgan fingerprint density at radius 2 is 1.56 bits per heavy atom. The summed E-state index contributed by atoms with van der Waals surface area (Å²) in [5, 5.41) is 2.62. The highest BCUT2D eigenvalue weighted by molar-refractivity contribution is 7.86. The summed E-state index contributed by atoms with van der Waals surface area (Å²) in [6.07, 6.45) is -4.10. The molecule has 0 saturated carbocycles. The number of piperazine rings is 1. The summed E-state index contributed by atoms with van der Waals surface area (Å²) in [7, 11) is -3.60. The quantitative estimate of drug-likeness (QED) is 0.662. The fraction of sp³-hybridized carbons (Fsp3) is 0.409. The maximum atomic E-state index is 13.1. The molecule has 1 amide bonds. The first-order valence-corrected chi connectivity index (χ1v) is 12.2. The molecule has 8 nitrogen and oxygen atoms in total. The van der Waals surface area contributed by atoms with E-state index < -0.39 is 16.6 Å². The number of amides is 1. The molecule has 2 heterocycles. The van der Waals surface area contributed by atoms with Crippen LogP contribution in [0.4, 0.5) is 18.9 Å². The number of rotatable bonds is 6. The summed E-state index contributed by atoms with van der Waals surface area (Å²) in [4.78, 5) is 14.2. The molecule has 0 aliphatic carbocycles. The summed E-state index contributed by atoms with van der Waals surface area (Å²) >= 11 is 0. The van der Waals surface area contributed by atoms with E-state index in [-0.39, 0.29) is 31.3 Å². The molecular formula is C22H25F3N4O4S. The molecule has 1 N–H and O–H groups in total. The topological polar surface area (TPSA) is 82.2 Å². The van der Waals surface area contributed by atoms with Crippen LogP contribution in [0.1, 0.15) is 11.1 Å².